The molecule has 2 heteroatoms. The zero-order valence-electron chi connectivity index (χ0n) is 13.0. The van der Waals surface area contributed by atoms with E-state index in [4.69, 9.17) is 5.73 Å². The van der Waals surface area contributed by atoms with Crippen LogP contribution in [0.4, 0.5) is 0 Å². The summed E-state index contributed by atoms with van der Waals surface area (Å²) in [5.41, 5.74) is 13.0. The molecule has 1 aliphatic heterocycles. The van der Waals surface area contributed by atoms with Crippen molar-refractivity contribution < 1.29 is 0 Å². The molecule has 1 atom stereocenters. The quantitative estimate of drug-likeness (QED) is 0.935. The summed E-state index contributed by atoms with van der Waals surface area (Å²) in [5.74, 6) is 0. The van der Waals surface area contributed by atoms with Gasteiger partial charge in [0.1, 0.15) is 0 Å². The molecule has 0 radical (unpaired) electrons. The molecule has 0 aliphatic carbocycles. The Morgan fingerprint density at radius 2 is 1.71 bits per heavy atom. The van der Waals surface area contributed by atoms with Gasteiger partial charge in [0.05, 0.1) is 0 Å². The molecule has 2 aromatic rings. The van der Waals surface area contributed by atoms with Crippen LogP contribution in [-0.2, 0) is 19.5 Å². The molecule has 0 amide bonds. The molecule has 0 bridgehead atoms. The first kappa shape index (κ1) is 14.3. The van der Waals surface area contributed by atoms with E-state index in [1.165, 1.54) is 27.8 Å². The van der Waals surface area contributed by atoms with E-state index in [1.807, 2.05) is 0 Å². The van der Waals surface area contributed by atoms with E-state index in [9.17, 15) is 0 Å². The maximum atomic E-state index is 6.02. The van der Waals surface area contributed by atoms with Crippen molar-refractivity contribution in [3.8, 4) is 0 Å². The van der Waals surface area contributed by atoms with Gasteiger partial charge < -0.3 is 5.73 Å². The van der Waals surface area contributed by atoms with Crippen LogP contribution < -0.4 is 5.73 Å². The first-order valence-corrected chi connectivity index (χ1v) is 7.74. The van der Waals surface area contributed by atoms with Crippen LogP contribution in [0.1, 0.15) is 27.8 Å². The van der Waals surface area contributed by atoms with E-state index in [0.29, 0.717) is 6.04 Å². The molecule has 0 saturated carbocycles. The van der Waals surface area contributed by atoms with E-state index in [-0.39, 0.29) is 0 Å². The monoisotopic (exact) mass is 280 g/mol. The number of fused-ring (bicyclic) bond motifs is 1. The van der Waals surface area contributed by atoms with E-state index in [1.54, 1.807) is 0 Å². The van der Waals surface area contributed by atoms with Crippen LogP contribution in [0.25, 0.3) is 0 Å². The summed E-state index contributed by atoms with van der Waals surface area (Å²) in [4.78, 5) is 2.52. The van der Waals surface area contributed by atoms with Gasteiger partial charge in [-0.3, -0.25) is 4.90 Å². The fraction of sp³-hybridized carbons (Fsp3) is 0.368. The van der Waals surface area contributed by atoms with Crippen LogP contribution in [0.3, 0.4) is 0 Å². The normalized spacial score (nSPS) is 18.5. The molecule has 3 rings (SSSR count). The highest BCUT2D eigenvalue weighted by atomic mass is 15.2. The van der Waals surface area contributed by atoms with Crippen molar-refractivity contribution in [2.75, 3.05) is 6.54 Å². The van der Waals surface area contributed by atoms with Crippen LogP contribution in [0.2, 0.25) is 0 Å². The molecular formula is C19H24N2. The van der Waals surface area contributed by atoms with Gasteiger partial charge in [0.15, 0.2) is 0 Å². The van der Waals surface area contributed by atoms with E-state index in [2.05, 4.69) is 61.2 Å². The third kappa shape index (κ3) is 3.17. The van der Waals surface area contributed by atoms with Crippen molar-refractivity contribution in [2.24, 2.45) is 5.73 Å². The highest BCUT2D eigenvalue weighted by Crippen LogP contribution is 2.25. The minimum atomic E-state index is 0.445. The summed E-state index contributed by atoms with van der Waals surface area (Å²) in [6.07, 6.45) is 1.07. The molecule has 0 fully saturated rings. The largest absolute Gasteiger partial charge is 0.329 e. The summed E-state index contributed by atoms with van der Waals surface area (Å²) in [6.45, 7) is 7.05. The Hall–Kier alpha value is -1.64. The average Bonchev–Trinajstić information content (AvgIpc) is 2.45. The highest BCUT2D eigenvalue weighted by molar-refractivity contribution is 5.32. The lowest BCUT2D eigenvalue weighted by Crippen LogP contribution is -2.44. The average molecular weight is 280 g/mol. The van der Waals surface area contributed by atoms with Gasteiger partial charge in [-0.25, -0.2) is 0 Å². The second-order valence-corrected chi connectivity index (χ2v) is 6.26. The smallest absolute Gasteiger partial charge is 0.0265 e. The molecule has 110 valence electrons. The Balaban J connectivity index is 1.84. The third-order valence-electron chi connectivity index (χ3n) is 4.40. The first-order valence-electron chi connectivity index (χ1n) is 7.74. The molecular weight excluding hydrogens is 256 g/mol. The van der Waals surface area contributed by atoms with Gasteiger partial charge >= 0.3 is 0 Å². The van der Waals surface area contributed by atoms with Crippen molar-refractivity contribution in [3.05, 3.63) is 70.3 Å². The van der Waals surface area contributed by atoms with Crippen LogP contribution >= 0.6 is 0 Å². The molecule has 0 spiro atoms. The topological polar surface area (TPSA) is 29.3 Å². The van der Waals surface area contributed by atoms with Crippen LogP contribution in [0.5, 0.6) is 0 Å². The predicted octanol–water partition coefficient (Wildman–Crippen LogP) is 3.19. The molecule has 2 N–H and O–H groups in total. The lowest BCUT2D eigenvalue weighted by molar-refractivity contribution is 0.167. The molecule has 21 heavy (non-hydrogen) atoms. The highest BCUT2D eigenvalue weighted by Gasteiger charge is 2.24. The molecule has 2 aromatic carbocycles. The molecule has 1 unspecified atom stereocenters. The summed E-state index contributed by atoms with van der Waals surface area (Å²) in [7, 11) is 0. The van der Waals surface area contributed by atoms with Gasteiger partial charge in [-0.15, -0.1) is 0 Å². The summed E-state index contributed by atoms with van der Waals surface area (Å²) in [6, 6.07) is 16.0. The molecule has 1 aliphatic rings. The van der Waals surface area contributed by atoms with E-state index >= 15 is 0 Å². The van der Waals surface area contributed by atoms with Crippen molar-refractivity contribution in [3.63, 3.8) is 0 Å². The van der Waals surface area contributed by atoms with Crippen molar-refractivity contribution in [1.29, 1.82) is 0 Å². The summed E-state index contributed by atoms with van der Waals surface area (Å²) >= 11 is 0. The first-order chi connectivity index (χ1) is 10.2. The Labute approximate surface area is 127 Å². The summed E-state index contributed by atoms with van der Waals surface area (Å²) < 4.78 is 0. The Morgan fingerprint density at radius 3 is 2.38 bits per heavy atom. The summed E-state index contributed by atoms with van der Waals surface area (Å²) in [5, 5.41) is 0. The van der Waals surface area contributed by atoms with Gasteiger partial charge in [-0.1, -0.05) is 53.6 Å². The standard InChI is InChI=1S/C19H24N2/c1-14-7-15(2)9-16(8-14)12-21-13-18-6-4-3-5-17(18)10-19(21)11-20/h3-9,19H,10-13,20H2,1-2H3. The Kier molecular flexibility index (Phi) is 4.09. The Bertz CT molecular complexity index is 613. The number of hydrogen-bond acceptors (Lipinski definition) is 2. The number of benzene rings is 2. The molecule has 0 saturated heterocycles. The molecule has 0 aromatic heterocycles. The zero-order chi connectivity index (χ0) is 14.8. The van der Waals surface area contributed by atoms with Gasteiger partial charge in [0, 0.05) is 25.7 Å². The second-order valence-electron chi connectivity index (χ2n) is 6.26. The SMILES string of the molecule is Cc1cc(C)cc(CN2Cc3ccccc3CC2CN)c1. The van der Waals surface area contributed by atoms with E-state index in [0.717, 1.165) is 26.1 Å². The predicted molar refractivity (Wildman–Crippen MR) is 88.2 cm³/mol. The number of rotatable bonds is 3. The van der Waals surface area contributed by atoms with Crippen LogP contribution in [0, 0.1) is 13.8 Å². The lowest BCUT2D eigenvalue weighted by atomic mass is 9.93. The number of nitrogens with two attached hydrogens (primary N) is 1. The van der Waals surface area contributed by atoms with Crippen molar-refractivity contribution >= 4 is 0 Å². The minimum absolute atomic E-state index is 0.445. The molecule has 2 nitrogen and oxygen atoms in total. The maximum absolute atomic E-state index is 6.02. The van der Waals surface area contributed by atoms with Gasteiger partial charge in [0.2, 0.25) is 0 Å². The molecule has 1 heterocycles. The maximum Gasteiger partial charge on any atom is 0.0265 e. The van der Waals surface area contributed by atoms with Crippen molar-refractivity contribution in [1.82, 2.24) is 4.90 Å². The number of aryl methyl sites for hydroxylation is 2. The van der Waals surface area contributed by atoms with Crippen molar-refractivity contribution in [2.45, 2.75) is 39.4 Å². The fourth-order valence-corrected chi connectivity index (χ4v) is 3.45. The minimum Gasteiger partial charge on any atom is -0.329 e. The van der Waals surface area contributed by atoms with E-state index < -0.39 is 0 Å². The Morgan fingerprint density at radius 1 is 1.05 bits per heavy atom. The number of hydrogen-bond donors (Lipinski definition) is 1. The van der Waals surface area contributed by atoms with Gasteiger partial charge in [0.25, 0.3) is 0 Å². The second kappa shape index (κ2) is 6.00. The lowest BCUT2D eigenvalue weighted by Gasteiger charge is -2.36. The fourth-order valence-electron chi connectivity index (χ4n) is 3.45. The third-order valence-corrected chi connectivity index (χ3v) is 4.40. The number of nitrogens with zero attached hydrogens (tertiary/aromatic N) is 1. The van der Waals surface area contributed by atoms with Gasteiger partial charge in [-0.2, -0.15) is 0 Å². The zero-order valence-corrected chi connectivity index (χ0v) is 13.0. The van der Waals surface area contributed by atoms with Crippen LogP contribution in [0.15, 0.2) is 42.5 Å². The van der Waals surface area contributed by atoms with Crippen LogP contribution in [-0.4, -0.2) is 17.5 Å². The van der Waals surface area contributed by atoms with Gasteiger partial charge in [-0.05, 0) is 37.0 Å².